The molecule has 76 heavy (non-hydrogen) atoms. The summed E-state index contributed by atoms with van der Waals surface area (Å²) in [6, 6.07) is -0.862. The van der Waals surface area contributed by atoms with Gasteiger partial charge in [-0.05, 0) is 102 Å². The maximum atomic E-state index is 13.5. The number of likely N-dealkylation sites (N-methyl/N-ethyl adjacent to an activating group) is 1. The number of allylic oxidation sites excluding steroid dienone is 13. The summed E-state index contributed by atoms with van der Waals surface area (Å²) in [6.45, 7) is 6.87. The first-order valence-corrected chi connectivity index (χ1v) is 32.9. The van der Waals surface area contributed by atoms with Crippen LogP contribution in [0.2, 0.25) is 0 Å². The van der Waals surface area contributed by atoms with E-state index >= 15 is 0 Å². The molecule has 0 aliphatic heterocycles. The first-order chi connectivity index (χ1) is 36.9. The van der Waals surface area contributed by atoms with Crippen LogP contribution in [0, 0.1) is 0 Å². The summed E-state index contributed by atoms with van der Waals surface area (Å²) in [4.78, 5) is 37.7. The van der Waals surface area contributed by atoms with E-state index in [1.54, 1.807) is 0 Å². The lowest BCUT2D eigenvalue weighted by Gasteiger charge is -2.27. The van der Waals surface area contributed by atoms with Gasteiger partial charge >= 0.3 is 13.8 Å². The number of nitrogens with one attached hydrogen (secondary N) is 1. The Labute approximate surface area is 469 Å². The fourth-order valence-electron chi connectivity index (χ4n) is 8.73. The van der Waals surface area contributed by atoms with Crippen LogP contribution in [0.1, 0.15) is 271 Å². The van der Waals surface area contributed by atoms with Crippen molar-refractivity contribution in [2.45, 2.75) is 283 Å². The fourth-order valence-corrected chi connectivity index (χ4v) is 9.46. The molecule has 0 aliphatic carbocycles. The second kappa shape index (κ2) is 55.5. The van der Waals surface area contributed by atoms with E-state index < -0.39 is 20.0 Å². The number of unbranched alkanes of at least 4 members (excludes halogenated alkanes) is 28. The molecule has 3 unspecified atom stereocenters. The lowest BCUT2D eigenvalue weighted by Crippen LogP contribution is -2.47. The molecule has 1 amide bonds. The lowest BCUT2D eigenvalue weighted by molar-refractivity contribution is -0.870. The molecule has 0 aromatic heterocycles. The van der Waals surface area contributed by atoms with E-state index in [2.05, 4.69) is 99.0 Å². The van der Waals surface area contributed by atoms with E-state index in [1.807, 2.05) is 33.3 Å². The van der Waals surface area contributed by atoms with E-state index in [0.717, 1.165) is 122 Å². The Morgan fingerprint density at radius 1 is 0.474 bits per heavy atom. The van der Waals surface area contributed by atoms with Crippen molar-refractivity contribution in [3.63, 3.8) is 0 Å². The van der Waals surface area contributed by atoms with Crippen molar-refractivity contribution in [1.82, 2.24) is 5.32 Å². The summed E-state index contributed by atoms with van der Waals surface area (Å²) in [5.74, 6) is -0.528. The van der Waals surface area contributed by atoms with Gasteiger partial charge in [-0.2, -0.15) is 0 Å². The summed E-state index contributed by atoms with van der Waals surface area (Å²) in [5.41, 5.74) is 0. The number of ether oxygens (including phenoxy) is 1. The van der Waals surface area contributed by atoms with Gasteiger partial charge < -0.3 is 19.4 Å². The van der Waals surface area contributed by atoms with Gasteiger partial charge in [-0.25, -0.2) is 4.57 Å². The number of rotatable bonds is 56. The number of amides is 1. The normalized spacial score (nSPS) is 14.2. The van der Waals surface area contributed by atoms with Gasteiger partial charge in [-0.1, -0.05) is 241 Å². The molecule has 0 rings (SSSR count). The van der Waals surface area contributed by atoms with Crippen LogP contribution in [0.4, 0.5) is 0 Å². The molecule has 2 N–H and O–H groups in total. The number of nitrogens with zero attached hydrogens (tertiary/aromatic N) is 1. The second-order valence-corrected chi connectivity index (χ2v) is 23.6. The van der Waals surface area contributed by atoms with Gasteiger partial charge in [0.25, 0.3) is 0 Å². The van der Waals surface area contributed by atoms with E-state index in [9.17, 15) is 19.0 Å². The predicted octanol–water partition coefficient (Wildman–Crippen LogP) is 19.4. The minimum absolute atomic E-state index is 0.0329. The van der Waals surface area contributed by atoms with Crippen LogP contribution < -0.4 is 5.32 Å². The molecule has 0 bridgehead atoms. The van der Waals surface area contributed by atoms with Crippen LogP contribution in [0.3, 0.4) is 0 Å². The predicted molar refractivity (Wildman–Crippen MR) is 328 cm³/mol. The van der Waals surface area contributed by atoms with Gasteiger partial charge in [0.05, 0.1) is 33.8 Å². The van der Waals surface area contributed by atoms with Gasteiger partial charge in [0.1, 0.15) is 19.3 Å². The number of phosphoric acid groups is 1. The quantitative estimate of drug-likeness (QED) is 0.0205. The summed E-state index contributed by atoms with van der Waals surface area (Å²) in [6.07, 6.45) is 72.9. The standard InChI is InChI=1S/C66H119N2O7P/c1-7-10-13-16-19-22-25-28-30-32-33-34-35-36-38-41-44-47-50-53-56-59-66(70)75-64(57-54-51-48-45-42-39-27-24-21-18-15-12-9-3)63(62-74-76(71,72)73-61-60-68(4,5)6)67-65(69)58-55-52-49-46-43-40-37-31-29-26-23-20-17-14-11-8-2/h11,14,19-20,22-23,28-31,33-34,54,57,63-64H,7-10,12-13,15-18,21,24-27,32,35-53,55-56,58-62H2,1-6H3,(H-,67,69,71,72)/p+1/b14-11+,22-19-,23-20+,30-28-,31-29+,34-33-,57-54+. The van der Waals surface area contributed by atoms with Crippen molar-refractivity contribution in [3.05, 3.63) is 85.1 Å². The Morgan fingerprint density at radius 3 is 1.29 bits per heavy atom. The largest absolute Gasteiger partial charge is 0.472 e. The third-order valence-electron chi connectivity index (χ3n) is 13.6. The van der Waals surface area contributed by atoms with Crippen molar-refractivity contribution in [1.29, 1.82) is 0 Å². The van der Waals surface area contributed by atoms with Crippen molar-refractivity contribution in [3.8, 4) is 0 Å². The first-order valence-electron chi connectivity index (χ1n) is 31.4. The highest BCUT2D eigenvalue weighted by Crippen LogP contribution is 2.43. The van der Waals surface area contributed by atoms with Crippen LogP contribution in [-0.2, 0) is 27.9 Å². The molecule has 0 saturated heterocycles. The molecule has 0 radical (unpaired) electrons. The first kappa shape index (κ1) is 73.2. The molecular weight excluding hydrogens is 964 g/mol. The molecule has 440 valence electrons. The monoisotopic (exact) mass is 1080 g/mol. The molecule has 0 saturated carbocycles. The number of carbonyl (C=O) groups excluding carboxylic acids is 2. The molecule has 0 aliphatic rings. The highest BCUT2D eigenvalue weighted by molar-refractivity contribution is 7.47. The fraction of sp³-hybridized carbons (Fsp3) is 0.758. The van der Waals surface area contributed by atoms with Gasteiger partial charge in [0.15, 0.2) is 0 Å². The van der Waals surface area contributed by atoms with E-state index in [1.165, 1.54) is 116 Å². The third-order valence-corrected chi connectivity index (χ3v) is 14.6. The molecule has 3 atom stereocenters. The number of carbonyl (C=O) groups is 2. The van der Waals surface area contributed by atoms with Gasteiger partial charge in [0.2, 0.25) is 5.91 Å². The van der Waals surface area contributed by atoms with Crippen molar-refractivity contribution >= 4 is 19.7 Å². The molecule has 0 heterocycles. The minimum atomic E-state index is -4.46. The zero-order valence-corrected chi connectivity index (χ0v) is 51.1. The SMILES string of the molecule is CC/C=C/C/C=C/C/C=C/CCCCCCCCC(=O)NC(COP(=O)(O)OCC[N+](C)(C)C)C(/C=C/CCCCCCCCCCCCC)OC(=O)CCCCCCCCCC/C=C\C/C=C\C/C=C\CCCCC. The maximum Gasteiger partial charge on any atom is 0.472 e. The van der Waals surface area contributed by atoms with Crippen molar-refractivity contribution in [2.24, 2.45) is 0 Å². The summed E-state index contributed by atoms with van der Waals surface area (Å²) in [5, 5.41) is 3.05. The van der Waals surface area contributed by atoms with Crippen LogP contribution >= 0.6 is 7.82 Å². The highest BCUT2D eigenvalue weighted by atomic mass is 31.2. The number of hydrogen-bond acceptors (Lipinski definition) is 6. The number of phosphoric ester groups is 1. The summed E-state index contributed by atoms with van der Waals surface area (Å²) >= 11 is 0. The lowest BCUT2D eigenvalue weighted by atomic mass is 10.0. The molecule has 0 aromatic carbocycles. The Bertz CT molecular complexity index is 1580. The van der Waals surface area contributed by atoms with Crippen LogP contribution in [0.25, 0.3) is 0 Å². The summed E-state index contributed by atoms with van der Waals surface area (Å²) < 4.78 is 30.7. The van der Waals surface area contributed by atoms with E-state index in [0.29, 0.717) is 17.4 Å². The molecule has 0 fully saturated rings. The highest BCUT2D eigenvalue weighted by Gasteiger charge is 2.30. The van der Waals surface area contributed by atoms with Crippen molar-refractivity contribution in [2.75, 3.05) is 40.9 Å². The van der Waals surface area contributed by atoms with Crippen LogP contribution in [0.15, 0.2) is 85.1 Å². The number of esters is 1. The minimum Gasteiger partial charge on any atom is -0.456 e. The van der Waals surface area contributed by atoms with Crippen molar-refractivity contribution < 1.29 is 37.3 Å². The van der Waals surface area contributed by atoms with E-state index in [-0.39, 0.29) is 31.5 Å². The zero-order chi connectivity index (χ0) is 55.7. The average Bonchev–Trinajstić information content (AvgIpc) is 3.38. The van der Waals surface area contributed by atoms with E-state index in [4.69, 9.17) is 13.8 Å². The van der Waals surface area contributed by atoms with Crippen LogP contribution in [-0.4, -0.2) is 74.3 Å². The van der Waals surface area contributed by atoms with Gasteiger partial charge in [0, 0.05) is 12.8 Å². The Hall–Kier alpha value is -2.81. The topological polar surface area (TPSA) is 111 Å². The molecule has 0 aromatic rings. The zero-order valence-electron chi connectivity index (χ0n) is 50.2. The molecule has 10 heteroatoms. The van der Waals surface area contributed by atoms with Crippen LogP contribution in [0.5, 0.6) is 0 Å². The Kier molecular flexibility index (Phi) is 53.5. The molecule has 0 spiro atoms. The summed E-state index contributed by atoms with van der Waals surface area (Å²) in [7, 11) is 1.48. The maximum absolute atomic E-state index is 13.5. The second-order valence-electron chi connectivity index (χ2n) is 22.2. The smallest absolute Gasteiger partial charge is 0.456 e. The Morgan fingerprint density at radius 2 is 0.842 bits per heavy atom. The third kappa shape index (κ3) is 55.9. The molecular formula is C66H120N2O7P+. The van der Waals surface area contributed by atoms with Gasteiger partial charge in [-0.15, -0.1) is 0 Å². The average molecular weight is 1080 g/mol. The number of quaternary nitrogens is 1. The number of hydrogen-bond donors (Lipinski definition) is 2. The molecule has 9 nitrogen and oxygen atoms in total. The van der Waals surface area contributed by atoms with Gasteiger partial charge in [-0.3, -0.25) is 18.6 Å². The Balaban J connectivity index is 5.29.